The minimum Gasteiger partial charge on any atom is -0.491 e. The Hall–Kier alpha value is -3.39. The molecule has 1 amide bonds. The molecule has 10 nitrogen and oxygen atoms in total. The molecule has 1 aromatic rings. The lowest BCUT2D eigenvalue weighted by Gasteiger charge is -2.33. The van der Waals surface area contributed by atoms with Gasteiger partial charge in [-0.3, -0.25) is 9.69 Å². The zero-order valence-corrected chi connectivity index (χ0v) is 20.2. The van der Waals surface area contributed by atoms with E-state index in [1.165, 1.54) is 12.1 Å². The van der Waals surface area contributed by atoms with E-state index in [4.69, 9.17) is 21.1 Å². The van der Waals surface area contributed by atoms with Crippen LogP contribution < -0.4 is 10.5 Å². The molecule has 1 heterocycles. The molecular formula is C23H29FN6O4S. The lowest BCUT2D eigenvalue weighted by atomic mass is 10.2. The normalized spacial score (nSPS) is 14.3. The topological polar surface area (TPSA) is 145 Å². The first-order valence-electron chi connectivity index (χ1n) is 11.1. The summed E-state index contributed by atoms with van der Waals surface area (Å²) in [5.74, 6) is 4.38. The molecule has 2 rings (SSSR count). The molecule has 0 aliphatic carbocycles. The molecule has 188 valence electrons. The van der Waals surface area contributed by atoms with Gasteiger partial charge in [-0.25, -0.2) is 9.18 Å². The van der Waals surface area contributed by atoms with Crippen molar-refractivity contribution in [2.45, 2.75) is 25.7 Å². The molecule has 0 saturated carbocycles. The molecule has 1 aliphatic rings. The number of piperazine rings is 1. The first-order chi connectivity index (χ1) is 16.8. The summed E-state index contributed by atoms with van der Waals surface area (Å²) < 4.78 is 19.7. The predicted octanol–water partition coefficient (Wildman–Crippen LogP) is 2.76. The third-order valence-electron chi connectivity index (χ3n) is 5.26. The number of hydrogen-bond donors (Lipinski definition) is 3. The van der Waals surface area contributed by atoms with Gasteiger partial charge < -0.3 is 20.5 Å². The molecule has 3 N–H and O–H groups in total. The van der Waals surface area contributed by atoms with E-state index in [1.54, 1.807) is 6.07 Å². The number of benzene rings is 1. The number of carbonyl (C=O) groups is 2. The third kappa shape index (κ3) is 9.78. The van der Waals surface area contributed by atoms with E-state index in [9.17, 15) is 14.0 Å². The quantitative estimate of drug-likeness (QED) is 0.0804. The molecule has 0 unspecified atom stereocenters. The van der Waals surface area contributed by atoms with Crippen LogP contribution in [0.4, 0.5) is 4.39 Å². The minimum atomic E-state index is -1.23. The minimum absolute atomic E-state index is 0.0635. The summed E-state index contributed by atoms with van der Waals surface area (Å²) >= 11 is 4.06. The van der Waals surface area contributed by atoms with Crippen LogP contribution >= 0.6 is 12.6 Å². The number of halogens is 1. The second-order valence-electron chi connectivity index (χ2n) is 7.78. The summed E-state index contributed by atoms with van der Waals surface area (Å²) in [6.07, 6.45) is 1.66. The summed E-state index contributed by atoms with van der Waals surface area (Å²) in [5.41, 5.74) is 13.9. The number of thiol groups is 1. The summed E-state index contributed by atoms with van der Waals surface area (Å²) in [6, 6.07) is 4.49. The first kappa shape index (κ1) is 27.9. The highest BCUT2D eigenvalue weighted by Gasteiger charge is 2.19. The van der Waals surface area contributed by atoms with Gasteiger partial charge in [-0.2, -0.15) is 0 Å². The number of nitrogens with two attached hydrogens (primary N) is 1. The molecule has 1 fully saturated rings. The number of carboxylic acids is 1. The van der Waals surface area contributed by atoms with Crippen LogP contribution in [0.1, 0.15) is 31.2 Å². The van der Waals surface area contributed by atoms with Crippen molar-refractivity contribution in [3.63, 3.8) is 0 Å². The standard InChI is InChI=1S/C23H29FN6O4S/c24-18-16-17(7-8-19(18)34-15-3-5-20(35)22(25)23(32)33)4-2-10-29-11-13-30(14-12-29)21(31)6-1-9-27-28-26/h7-8,16,35H,1,3,5-6,9-15,25H2,(H,32,33)/b22-20-. The van der Waals surface area contributed by atoms with E-state index < -0.39 is 11.8 Å². The van der Waals surface area contributed by atoms with Crippen molar-refractivity contribution in [2.75, 3.05) is 45.9 Å². The molecule has 0 spiro atoms. The van der Waals surface area contributed by atoms with Gasteiger partial charge in [0.25, 0.3) is 0 Å². The second kappa shape index (κ2) is 14.8. The molecule has 1 aromatic carbocycles. The molecule has 0 atom stereocenters. The van der Waals surface area contributed by atoms with Gasteiger partial charge in [-0.1, -0.05) is 17.0 Å². The Morgan fingerprint density at radius 3 is 2.66 bits per heavy atom. The number of carbonyl (C=O) groups excluding carboxylic acids is 1. The van der Waals surface area contributed by atoms with E-state index >= 15 is 0 Å². The maximum Gasteiger partial charge on any atom is 0.352 e. The number of azide groups is 1. The summed E-state index contributed by atoms with van der Waals surface area (Å²) in [4.78, 5) is 29.8. The van der Waals surface area contributed by atoms with Crippen LogP contribution in [0.15, 0.2) is 33.9 Å². The molecule has 1 aliphatic heterocycles. The van der Waals surface area contributed by atoms with E-state index in [1.807, 2.05) is 4.90 Å². The van der Waals surface area contributed by atoms with Crippen molar-refractivity contribution in [1.82, 2.24) is 9.80 Å². The molecule has 1 saturated heterocycles. The summed E-state index contributed by atoms with van der Waals surface area (Å²) in [7, 11) is 0. The van der Waals surface area contributed by atoms with Gasteiger partial charge in [-0.05, 0) is 43.0 Å². The smallest absolute Gasteiger partial charge is 0.352 e. The summed E-state index contributed by atoms with van der Waals surface area (Å²) in [6.45, 7) is 3.67. The molecule has 0 bridgehead atoms. The van der Waals surface area contributed by atoms with Gasteiger partial charge >= 0.3 is 5.97 Å². The van der Waals surface area contributed by atoms with Gasteiger partial charge in [0.2, 0.25) is 5.91 Å². The Morgan fingerprint density at radius 2 is 2.00 bits per heavy atom. The highest BCUT2D eigenvalue weighted by atomic mass is 32.1. The van der Waals surface area contributed by atoms with Gasteiger partial charge in [0.05, 0.1) is 13.2 Å². The van der Waals surface area contributed by atoms with E-state index in [2.05, 4.69) is 39.4 Å². The van der Waals surface area contributed by atoms with Gasteiger partial charge in [0, 0.05) is 54.5 Å². The molecule has 35 heavy (non-hydrogen) atoms. The number of carboxylic acid groups (broad SMARTS) is 1. The van der Waals surface area contributed by atoms with Crippen LogP contribution in [0, 0.1) is 17.7 Å². The number of nitrogens with zero attached hydrogens (tertiary/aromatic N) is 5. The molecule has 12 heteroatoms. The van der Waals surface area contributed by atoms with Crippen molar-refractivity contribution in [3.05, 3.63) is 50.6 Å². The maximum absolute atomic E-state index is 14.3. The monoisotopic (exact) mass is 504 g/mol. The Morgan fingerprint density at radius 1 is 1.26 bits per heavy atom. The predicted molar refractivity (Wildman–Crippen MR) is 132 cm³/mol. The fraction of sp³-hybridized carbons (Fsp3) is 0.478. The molecule has 0 radical (unpaired) electrons. The van der Waals surface area contributed by atoms with E-state index in [-0.39, 0.29) is 28.9 Å². The van der Waals surface area contributed by atoms with Crippen molar-refractivity contribution < 1.29 is 23.8 Å². The number of amides is 1. The Kier molecular flexibility index (Phi) is 11.8. The number of ether oxygens (including phenoxy) is 1. The second-order valence-corrected chi connectivity index (χ2v) is 8.32. The largest absolute Gasteiger partial charge is 0.491 e. The lowest BCUT2D eigenvalue weighted by Crippen LogP contribution is -2.48. The van der Waals surface area contributed by atoms with Crippen LogP contribution in [-0.2, 0) is 9.59 Å². The van der Waals surface area contributed by atoms with Gasteiger partial charge in [-0.15, -0.1) is 12.6 Å². The Balaban J connectivity index is 1.74. The Bertz CT molecular complexity index is 1040. The van der Waals surface area contributed by atoms with Gasteiger partial charge in [0.1, 0.15) is 5.70 Å². The van der Waals surface area contributed by atoms with Crippen molar-refractivity contribution in [2.24, 2.45) is 10.8 Å². The highest BCUT2D eigenvalue weighted by Crippen LogP contribution is 2.19. The van der Waals surface area contributed by atoms with Crippen LogP contribution in [0.5, 0.6) is 5.75 Å². The zero-order valence-electron chi connectivity index (χ0n) is 19.3. The highest BCUT2D eigenvalue weighted by molar-refractivity contribution is 7.84. The number of aliphatic carboxylic acids is 1. The average Bonchev–Trinajstić information content (AvgIpc) is 2.85. The van der Waals surface area contributed by atoms with Crippen molar-refractivity contribution in [1.29, 1.82) is 0 Å². The van der Waals surface area contributed by atoms with Crippen LogP contribution in [0.25, 0.3) is 10.4 Å². The SMILES string of the molecule is [N-]=[N+]=NCCCC(=O)N1CCN(CC#Cc2ccc(OCCC/C(S)=C(/N)C(=O)O)c(F)c2)CC1. The zero-order chi connectivity index (χ0) is 25.6. The number of allylic oxidation sites excluding steroid dienone is 1. The van der Waals surface area contributed by atoms with Crippen LogP contribution in [0.3, 0.4) is 0 Å². The number of hydrogen-bond acceptors (Lipinski definition) is 7. The van der Waals surface area contributed by atoms with Crippen molar-refractivity contribution >= 4 is 24.5 Å². The lowest BCUT2D eigenvalue weighted by molar-refractivity contribution is -0.133. The summed E-state index contributed by atoms with van der Waals surface area (Å²) in [5, 5.41) is 12.2. The first-order valence-corrected chi connectivity index (χ1v) is 11.6. The fourth-order valence-corrected chi connectivity index (χ4v) is 3.54. The van der Waals surface area contributed by atoms with Crippen molar-refractivity contribution in [3.8, 4) is 17.6 Å². The third-order valence-corrected chi connectivity index (χ3v) is 5.73. The van der Waals surface area contributed by atoms with E-state index in [0.717, 1.165) is 0 Å². The molecular weight excluding hydrogens is 475 g/mol. The number of rotatable bonds is 11. The van der Waals surface area contributed by atoms with Gasteiger partial charge in [0.15, 0.2) is 11.6 Å². The average molecular weight is 505 g/mol. The fourth-order valence-electron chi connectivity index (χ4n) is 3.29. The van der Waals surface area contributed by atoms with E-state index in [0.29, 0.717) is 70.5 Å². The van der Waals surface area contributed by atoms with Crippen LogP contribution in [0.2, 0.25) is 0 Å². The maximum atomic E-state index is 14.3. The molecule has 0 aromatic heterocycles. The van der Waals surface area contributed by atoms with Crippen LogP contribution in [-0.4, -0.2) is 72.7 Å². The Labute approximate surface area is 208 Å².